The zero-order valence-electron chi connectivity index (χ0n) is 10.6. The van der Waals surface area contributed by atoms with Gasteiger partial charge >= 0.3 is 0 Å². The molecular weight excluding hydrogens is 331 g/mol. The van der Waals surface area contributed by atoms with E-state index in [1.165, 1.54) is 0 Å². The molecule has 0 bridgehead atoms. The van der Waals surface area contributed by atoms with E-state index in [-0.39, 0.29) is 15.8 Å². The zero-order chi connectivity index (χ0) is 14.7. The van der Waals surface area contributed by atoms with Gasteiger partial charge in [-0.05, 0) is 15.9 Å². The molecule has 2 rings (SSSR count). The standard InChI is InChI=1S/C12H12BrFN4O2/c1-17-5-4-16-12(17)2-3-15-10-7-9(14)8(13)6-11(10)18(19)20/h4-7,15H,2-3H2,1H3. The van der Waals surface area contributed by atoms with Crippen molar-refractivity contribution in [3.05, 3.63) is 50.8 Å². The number of aromatic nitrogens is 2. The minimum absolute atomic E-state index is 0.0684. The normalized spacial score (nSPS) is 10.6. The van der Waals surface area contributed by atoms with Crippen molar-refractivity contribution < 1.29 is 9.31 Å². The maximum Gasteiger partial charge on any atom is 0.293 e. The first kappa shape index (κ1) is 14.4. The first-order chi connectivity index (χ1) is 9.49. The Hall–Kier alpha value is -1.96. The summed E-state index contributed by atoms with van der Waals surface area (Å²) in [7, 11) is 1.87. The second-order valence-corrected chi connectivity index (χ2v) is 5.03. The molecule has 1 aromatic heterocycles. The topological polar surface area (TPSA) is 73.0 Å². The smallest absolute Gasteiger partial charge is 0.293 e. The Morgan fingerprint density at radius 3 is 2.90 bits per heavy atom. The summed E-state index contributed by atoms with van der Waals surface area (Å²) in [5, 5.41) is 13.8. The molecule has 0 radical (unpaired) electrons. The summed E-state index contributed by atoms with van der Waals surface area (Å²) in [4.78, 5) is 14.5. The third-order valence-electron chi connectivity index (χ3n) is 2.82. The lowest BCUT2D eigenvalue weighted by Crippen LogP contribution is -2.10. The molecule has 0 unspecified atom stereocenters. The number of imidazole rings is 1. The average molecular weight is 343 g/mol. The Balaban J connectivity index is 2.11. The molecule has 0 aliphatic carbocycles. The molecule has 0 aliphatic heterocycles. The molecule has 0 aliphatic rings. The van der Waals surface area contributed by atoms with Crippen LogP contribution >= 0.6 is 15.9 Å². The number of hydrogen-bond donors (Lipinski definition) is 1. The number of hydrogen-bond acceptors (Lipinski definition) is 4. The van der Waals surface area contributed by atoms with Crippen molar-refractivity contribution in [3.8, 4) is 0 Å². The predicted octanol–water partition coefficient (Wildman–Crippen LogP) is 2.88. The van der Waals surface area contributed by atoms with Crippen molar-refractivity contribution in [2.45, 2.75) is 6.42 Å². The van der Waals surface area contributed by atoms with E-state index in [0.717, 1.165) is 18.0 Å². The monoisotopic (exact) mass is 342 g/mol. The molecule has 106 valence electrons. The molecule has 8 heteroatoms. The Morgan fingerprint density at radius 2 is 2.30 bits per heavy atom. The minimum Gasteiger partial charge on any atom is -0.379 e. The molecular formula is C12H12BrFN4O2. The predicted molar refractivity (Wildman–Crippen MR) is 76.2 cm³/mol. The summed E-state index contributed by atoms with van der Waals surface area (Å²) in [5.74, 6) is 0.299. The van der Waals surface area contributed by atoms with E-state index >= 15 is 0 Å². The third kappa shape index (κ3) is 3.13. The largest absolute Gasteiger partial charge is 0.379 e. The molecule has 1 N–H and O–H groups in total. The van der Waals surface area contributed by atoms with E-state index in [2.05, 4.69) is 26.2 Å². The van der Waals surface area contributed by atoms with E-state index in [9.17, 15) is 14.5 Å². The van der Waals surface area contributed by atoms with Gasteiger partial charge in [-0.1, -0.05) is 0 Å². The van der Waals surface area contributed by atoms with Crippen molar-refractivity contribution in [3.63, 3.8) is 0 Å². The summed E-state index contributed by atoms with van der Waals surface area (Å²) < 4.78 is 15.4. The van der Waals surface area contributed by atoms with Crippen molar-refractivity contribution in [2.24, 2.45) is 7.05 Å². The van der Waals surface area contributed by atoms with Crippen LogP contribution in [0.25, 0.3) is 0 Å². The Kier molecular flexibility index (Phi) is 4.33. The molecule has 6 nitrogen and oxygen atoms in total. The third-order valence-corrected chi connectivity index (χ3v) is 3.43. The van der Waals surface area contributed by atoms with Crippen molar-refractivity contribution in [1.29, 1.82) is 0 Å². The average Bonchev–Trinajstić information content (AvgIpc) is 2.79. The van der Waals surface area contributed by atoms with Crippen molar-refractivity contribution >= 4 is 27.3 Å². The molecule has 20 heavy (non-hydrogen) atoms. The Morgan fingerprint density at radius 1 is 1.55 bits per heavy atom. The molecule has 0 atom stereocenters. The SMILES string of the molecule is Cn1ccnc1CCNc1cc(F)c(Br)cc1[N+](=O)[O-]. The van der Waals surface area contributed by atoms with Crippen LogP contribution < -0.4 is 5.32 Å². The van der Waals surface area contributed by atoms with Crippen molar-refractivity contribution in [2.75, 3.05) is 11.9 Å². The highest BCUT2D eigenvalue weighted by atomic mass is 79.9. The maximum absolute atomic E-state index is 13.5. The van der Waals surface area contributed by atoms with Crippen LogP contribution in [-0.4, -0.2) is 21.0 Å². The Labute approximate surface area is 122 Å². The fourth-order valence-corrected chi connectivity index (χ4v) is 2.11. The molecule has 2 aromatic rings. The van der Waals surface area contributed by atoms with E-state index in [1.54, 1.807) is 6.20 Å². The lowest BCUT2D eigenvalue weighted by atomic mass is 10.2. The number of nitrogens with zero attached hydrogens (tertiary/aromatic N) is 3. The van der Waals surface area contributed by atoms with Gasteiger partial charge in [0.2, 0.25) is 0 Å². The number of aryl methyl sites for hydroxylation is 1. The van der Waals surface area contributed by atoms with Crippen LogP contribution in [0.15, 0.2) is 29.0 Å². The van der Waals surface area contributed by atoms with Gasteiger partial charge in [0.25, 0.3) is 5.69 Å². The summed E-state index contributed by atoms with van der Waals surface area (Å²) in [6, 6.07) is 2.26. The number of nitro groups is 1. The quantitative estimate of drug-likeness (QED) is 0.669. The Bertz CT molecular complexity index is 644. The molecule has 0 fully saturated rings. The van der Waals surface area contributed by atoms with Gasteiger partial charge in [-0.3, -0.25) is 10.1 Å². The lowest BCUT2D eigenvalue weighted by molar-refractivity contribution is -0.384. The first-order valence-corrected chi connectivity index (χ1v) is 6.62. The molecule has 0 saturated heterocycles. The molecule has 0 amide bonds. The summed E-state index contributed by atoms with van der Waals surface area (Å²) >= 11 is 2.94. The second kappa shape index (κ2) is 6.00. The van der Waals surface area contributed by atoms with Gasteiger partial charge in [0.15, 0.2) is 0 Å². The van der Waals surface area contributed by atoms with Gasteiger partial charge in [0, 0.05) is 44.5 Å². The van der Waals surface area contributed by atoms with Crippen LogP contribution in [0.5, 0.6) is 0 Å². The lowest BCUT2D eigenvalue weighted by Gasteiger charge is -2.08. The number of anilines is 1. The van der Waals surface area contributed by atoms with Crippen LogP contribution in [0.3, 0.4) is 0 Å². The highest BCUT2D eigenvalue weighted by Gasteiger charge is 2.17. The van der Waals surface area contributed by atoms with E-state index < -0.39 is 10.7 Å². The summed E-state index contributed by atoms with van der Waals surface area (Å²) in [5.41, 5.74) is -0.0111. The van der Waals surface area contributed by atoms with Crippen molar-refractivity contribution in [1.82, 2.24) is 9.55 Å². The van der Waals surface area contributed by atoms with Gasteiger partial charge in [-0.25, -0.2) is 9.37 Å². The molecule has 1 aromatic carbocycles. The van der Waals surface area contributed by atoms with E-state index in [4.69, 9.17) is 0 Å². The molecule has 0 spiro atoms. The van der Waals surface area contributed by atoms with Gasteiger partial charge in [0.1, 0.15) is 17.3 Å². The van der Waals surface area contributed by atoms with Gasteiger partial charge in [-0.2, -0.15) is 0 Å². The molecule has 0 saturated carbocycles. The summed E-state index contributed by atoms with van der Waals surface area (Å²) in [6.07, 6.45) is 4.08. The minimum atomic E-state index is -0.548. The fraction of sp³-hybridized carbons (Fsp3) is 0.250. The molecule has 1 heterocycles. The van der Waals surface area contributed by atoms with E-state index in [1.807, 2.05) is 17.8 Å². The van der Waals surface area contributed by atoms with Crippen LogP contribution in [0.1, 0.15) is 5.82 Å². The number of benzene rings is 1. The number of nitrogens with one attached hydrogen (secondary N) is 1. The first-order valence-electron chi connectivity index (χ1n) is 5.82. The number of nitro benzene ring substituents is 1. The van der Waals surface area contributed by atoms with Crippen LogP contribution in [-0.2, 0) is 13.5 Å². The number of rotatable bonds is 5. The van der Waals surface area contributed by atoms with Gasteiger partial charge in [-0.15, -0.1) is 0 Å². The van der Waals surface area contributed by atoms with Gasteiger partial charge < -0.3 is 9.88 Å². The van der Waals surface area contributed by atoms with Crippen LogP contribution in [0.2, 0.25) is 0 Å². The highest BCUT2D eigenvalue weighted by molar-refractivity contribution is 9.10. The second-order valence-electron chi connectivity index (χ2n) is 4.17. The van der Waals surface area contributed by atoms with Crippen LogP contribution in [0.4, 0.5) is 15.8 Å². The fourth-order valence-electron chi connectivity index (χ4n) is 1.78. The van der Waals surface area contributed by atoms with E-state index in [0.29, 0.717) is 13.0 Å². The van der Waals surface area contributed by atoms with Crippen LogP contribution in [0, 0.1) is 15.9 Å². The maximum atomic E-state index is 13.5. The number of halogens is 2. The summed E-state index contributed by atoms with van der Waals surface area (Å²) in [6.45, 7) is 0.423. The zero-order valence-corrected chi connectivity index (χ0v) is 12.2. The van der Waals surface area contributed by atoms with Gasteiger partial charge in [0.05, 0.1) is 9.40 Å². The highest BCUT2D eigenvalue weighted by Crippen LogP contribution is 2.30.